The van der Waals surface area contributed by atoms with Crippen LogP contribution in [-0.2, 0) is 26.2 Å². The van der Waals surface area contributed by atoms with E-state index in [1.165, 1.54) is 44.6 Å². The van der Waals surface area contributed by atoms with Crippen LogP contribution in [0.5, 0.6) is 0 Å². The van der Waals surface area contributed by atoms with Crippen LogP contribution >= 0.6 is 24.4 Å². The first-order chi connectivity index (χ1) is 17.8. The van der Waals surface area contributed by atoms with Crippen molar-refractivity contribution in [2.45, 2.75) is 34.1 Å². The van der Waals surface area contributed by atoms with E-state index in [4.69, 9.17) is 24.4 Å². The predicted molar refractivity (Wildman–Crippen MR) is 167 cm³/mol. The Balaban J connectivity index is 0.000000341. The van der Waals surface area contributed by atoms with E-state index in [1.807, 2.05) is 12.1 Å². The SMILES string of the molecule is CC1=[C-]C2C(c3ccccc3)=CC(C)=C2C1=S.CC1=[C-]C2C(c3ccccc3)=CC(C)=C2C1=S.[CH2-]C[CH2-].[Cl-].[Cl-].[Zr+2]. The van der Waals surface area contributed by atoms with E-state index >= 15 is 0 Å². The van der Waals surface area contributed by atoms with Crippen molar-refractivity contribution in [3.05, 3.63) is 143 Å². The maximum Gasteiger partial charge on any atom is 2.00 e. The number of benzene rings is 2. The molecule has 2 aromatic rings. The quantitative estimate of drug-likeness (QED) is 0.354. The Labute approximate surface area is 283 Å². The summed E-state index contributed by atoms with van der Waals surface area (Å²) < 4.78 is 0. The van der Waals surface area contributed by atoms with Crippen molar-refractivity contribution in [2.75, 3.05) is 0 Å². The summed E-state index contributed by atoms with van der Waals surface area (Å²) >= 11 is 10.9. The third-order valence-electron chi connectivity index (χ3n) is 6.90. The van der Waals surface area contributed by atoms with Gasteiger partial charge in [0.15, 0.2) is 0 Å². The topological polar surface area (TPSA) is 0 Å². The van der Waals surface area contributed by atoms with Crippen LogP contribution < -0.4 is 24.8 Å². The van der Waals surface area contributed by atoms with Gasteiger partial charge in [0.25, 0.3) is 0 Å². The van der Waals surface area contributed by atoms with Crippen LogP contribution in [0.15, 0.2) is 106 Å². The number of halogens is 2. The standard InChI is InChI=1S/2C16H13S.C3H6.2ClH.Zr/c2*1-10-8-13(12-6-4-3-5-7-12)14-9-11(2)16(17)15(10)14;1-3-2;;;/h2*3-8,14H,1-2H3;1-3H2;2*1H;/q2*-1;-2;;;+2/p-2. The second-order valence-corrected chi connectivity index (χ2v) is 10.4. The number of rotatable bonds is 2. The molecule has 0 amide bonds. The molecule has 40 heavy (non-hydrogen) atoms. The van der Waals surface area contributed by atoms with Crippen LogP contribution in [0.1, 0.15) is 45.2 Å². The van der Waals surface area contributed by atoms with Gasteiger partial charge in [-0.2, -0.15) is 0 Å². The predicted octanol–water partition coefficient (Wildman–Crippen LogP) is 3.35. The van der Waals surface area contributed by atoms with Gasteiger partial charge in [-0.3, -0.25) is 12.2 Å². The minimum atomic E-state index is 0. The van der Waals surface area contributed by atoms with Crippen molar-refractivity contribution in [3.63, 3.8) is 0 Å². The largest absolute Gasteiger partial charge is 2.00 e. The zero-order chi connectivity index (χ0) is 26.7. The van der Waals surface area contributed by atoms with Crippen molar-refractivity contribution >= 4 is 45.3 Å². The van der Waals surface area contributed by atoms with Gasteiger partial charge in [0.1, 0.15) is 0 Å². The smallest absolute Gasteiger partial charge is 1.00 e. The third-order valence-corrected chi connectivity index (χ3v) is 7.95. The van der Waals surface area contributed by atoms with Crippen molar-refractivity contribution in [3.8, 4) is 0 Å². The minimum Gasteiger partial charge on any atom is -1.00 e. The van der Waals surface area contributed by atoms with Crippen LogP contribution in [0, 0.1) is 37.8 Å². The molecule has 0 heterocycles. The molecule has 5 heteroatoms. The fraction of sp³-hybridized carbons (Fsp3) is 0.200. The summed E-state index contributed by atoms with van der Waals surface area (Å²) in [6, 6.07) is 21.0. The molecule has 0 aromatic heterocycles. The van der Waals surface area contributed by atoms with E-state index in [1.54, 1.807) is 0 Å². The molecule has 2 unspecified atom stereocenters. The minimum absolute atomic E-state index is 0. The van der Waals surface area contributed by atoms with Gasteiger partial charge in [-0.15, -0.1) is 20.9 Å². The van der Waals surface area contributed by atoms with E-state index in [2.05, 4.69) is 114 Å². The zero-order valence-corrected chi connectivity index (χ0v) is 28.9. The van der Waals surface area contributed by atoms with Crippen LogP contribution in [0.25, 0.3) is 11.1 Å². The Bertz CT molecular complexity index is 1310. The van der Waals surface area contributed by atoms with Gasteiger partial charge in [0, 0.05) is 0 Å². The molecule has 6 rings (SSSR count). The molecule has 0 saturated carbocycles. The number of allylic oxidation sites excluding steroid dienone is 12. The van der Waals surface area contributed by atoms with E-state index < -0.39 is 0 Å². The molecule has 0 radical (unpaired) electrons. The normalized spacial score (nSPS) is 19.8. The fourth-order valence-corrected chi connectivity index (χ4v) is 5.88. The number of hydrogen-bond acceptors (Lipinski definition) is 2. The summed E-state index contributed by atoms with van der Waals surface area (Å²) in [4.78, 5) is 1.99. The molecule has 0 fully saturated rings. The van der Waals surface area contributed by atoms with Crippen LogP contribution in [-0.4, -0.2) is 9.73 Å². The molecule has 2 aromatic carbocycles. The molecule has 4 aliphatic carbocycles. The Morgan fingerprint density at radius 2 is 0.925 bits per heavy atom. The Morgan fingerprint density at radius 3 is 1.23 bits per heavy atom. The molecule has 206 valence electrons. The first kappa shape index (κ1) is 36.5. The summed E-state index contributed by atoms with van der Waals surface area (Å²) in [5, 5.41) is 0. The van der Waals surface area contributed by atoms with Crippen molar-refractivity contribution < 1.29 is 51.0 Å². The first-order valence-electron chi connectivity index (χ1n) is 12.6. The van der Waals surface area contributed by atoms with E-state index in [0.29, 0.717) is 0 Å². The first-order valence-corrected chi connectivity index (χ1v) is 13.4. The molecule has 0 N–H and O–H groups in total. The van der Waals surface area contributed by atoms with Crippen molar-refractivity contribution in [2.24, 2.45) is 11.8 Å². The summed E-state index contributed by atoms with van der Waals surface area (Å²) in [6.45, 7) is 15.2. The van der Waals surface area contributed by atoms with Gasteiger partial charge in [-0.25, -0.2) is 35.6 Å². The molecule has 0 saturated heterocycles. The summed E-state index contributed by atoms with van der Waals surface area (Å²) in [5.74, 6) is 0.537. The van der Waals surface area contributed by atoms with Gasteiger partial charge in [-0.05, 0) is 36.1 Å². The van der Waals surface area contributed by atoms with Gasteiger partial charge in [0.2, 0.25) is 0 Å². The van der Waals surface area contributed by atoms with Gasteiger partial charge < -0.3 is 45.1 Å². The zero-order valence-electron chi connectivity index (χ0n) is 23.3. The summed E-state index contributed by atoms with van der Waals surface area (Å²) in [6.07, 6.45) is 12.2. The second kappa shape index (κ2) is 16.2. The number of hydrogen-bond donors (Lipinski definition) is 0. The molecule has 4 aliphatic rings. The molecule has 0 bridgehead atoms. The average molecular weight is 679 g/mol. The van der Waals surface area contributed by atoms with Gasteiger partial charge >= 0.3 is 26.2 Å². The molecule has 0 aliphatic heterocycles. The van der Waals surface area contributed by atoms with Gasteiger partial charge in [0.05, 0.1) is 0 Å². The monoisotopic (exact) mass is 676 g/mol. The molecule has 0 nitrogen and oxygen atoms in total. The maximum atomic E-state index is 5.47. The molecule has 2 atom stereocenters. The fourth-order valence-electron chi connectivity index (χ4n) is 5.20. The third kappa shape index (κ3) is 7.47. The Hall–Kier alpha value is -1.48. The van der Waals surface area contributed by atoms with E-state index in [-0.39, 0.29) is 62.9 Å². The van der Waals surface area contributed by atoms with Crippen LogP contribution in [0.2, 0.25) is 0 Å². The van der Waals surface area contributed by atoms with Crippen LogP contribution in [0.4, 0.5) is 0 Å². The molecular weight excluding hydrogens is 647 g/mol. The second-order valence-electron chi connectivity index (χ2n) is 9.54. The van der Waals surface area contributed by atoms with E-state index in [0.717, 1.165) is 27.3 Å². The van der Waals surface area contributed by atoms with Crippen molar-refractivity contribution in [1.82, 2.24) is 0 Å². The Morgan fingerprint density at radius 1 is 0.625 bits per heavy atom. The van der Waals surface area contributed by atoms with E-state index in [9.17, 15) is 0 Å². The maximum absolute atomic E-state index is 5.47. The van der Waals surface area contributed by atoms with Crippen LogP contribution in [0.3, 0.4) is 0 Å². The summed E-state index contributed by atoms with van der Waals surface area (Å²) in [7, 11) is 0. The number of thiocarbonyl (C=S) groups is 2. The van der Waals surface area contributed by atoms with Gasteiger partial charge in [-0.1, -0.05) is 110 Å². The van der Waals surface area contributed by atoms with Crippen molar-refractivity contribution in [1.29, 1.82) is 0 Å². The number of fused-ring (bicyclic) bond motifs is 2. The molecule has 0 spiro atoms. The summed E-state index contributed by atoms with van der Waals surface area (Å²) in [5.41, 5.74) is 12.6. The molecular formula is C35H32Cl2S2Zr-4. The average Bonchev–Trinajstić information content (AvgIpc) is 3.59. The Kier molecular flexibility index (Phi) is 14.8.